The molecule has 0 spiro atoms. The van der Waals surface area contributed by atoms with E-state index in [2.05, 4.69) is 229 Å². The third-order valence-electron chi connectivity index (χ3n) is 13.9. The number of pyridine rings is 1. The van der Waals surface area contributed by atoms with Crippen LogP contribution in [0.25, 0.3) is 38.8 Å². The van der Waals surface area contributed by atoms with Crippen LogP contribution in [0.4, 0.5) is 22.7 Å². The van der Waals surface area contributed by atoms with E-state index in [1.165, 1.54) is 56.0 Å². The number of aromatic nitrogens is 2. The normalized spacial score (nSPS) is 18.0. The average molecular weight is 1050 g/mol. The first kappa shape index (κ1) is 45.8. The maximum Gasteiger partial charge on any atom is 0.225 e. The Balaban J connectivity index is 0.00000548. The van der Waals surface area contributed by atoms with Crippen molar-refractivity contribution in [3.63, 3.8) is 0 Å². The van der Waals surface area contributed by atoms with Crippen LogP contribution in [0.2, 0.25) is 0 Å². The predicted molar refractivity (Wildman–Crippen MR) is 273 cm³/mol. The van der Waals surface area contributed by atoms with Gasteiger partial charge in [0.1, 0.15) is 5.82 Å². The van der Waals surface area contributed by atoms with E-state index in [1.807, 2.05) is 12.3 Å². The molecule has 4 heterocycles. The van der Waals surface area contributed by atoms with E-state index >= 15 is 0 Å². The maximum atomic E-state index is 6.97. The van der Waals surface area contributed by atoms with E-state index in [0.717, 1.165) is 33.3 Å². The second-order valence-corrected chi connectivity index (χ2v) is 22.2. The number of nitrogens with zero attached hydrogens (tertiary/aromatic N) is 4. The van der Waals surface area contributed by atoms with Gasteiger partial charge in [-0.15, -0.1) is 35.2 Å². The Labute approximate surface area is 407 Å². The summed E-state index contributed by atoms with van der Waals surface area (Å²) in [5.41, 5.74) is 15.8. The van der Waals surface area contributed by atoms with Crippen LogP contribution >= 0.6 is 0 Å². The summed E-state index contributed by atoms with van der Waals surface area (Å²) >= 11 is 0. The molecule has 2 atom stereocenters. The Hall–Kier alpha value is -5.32. The number of rotatable bonds is 8. The molecule has 2 aliphatic rings. The fraction of sp³-hybridized carbons (Fsp3) is 0.300. The predicted octanol–water partition coefficient (Wildman–Crippen LogP) is 16.7. The van der Waals surface area contributed by atoms with Gasteiger partial charge in [-0.2, -0.15) is 10.7 Å². The van der Waals surface area contributed by atoms with Crippen LogP contribution in [0.5, 0.6) is 11.5 Å². The second-order valence-electron chi connectivity index (χ2n) is 22.2. The molecule has 10 rings (SSSR count). The second kappa shape index (κ2) is 15.9. The first-order valence-electron chi connectivity index (χ1n) is 23.5. The Morgan fingerprint density at radius 2 is 1.24 bits per heavy atom. The molecule has 66 heavy (non-hydrogen) atoms. The molecule has 2 aliphatic heterocycles. The van der Waals surface area contributed by atoms with Crippen molar-refractivity contribution in [2.75, 3.05) is 0 Å². The Morgan fingerprint density at radius 3 is 1.92 bits per heavy atom. The van der Waals surface area contributed by atoms with Gasteiger partial charge in [-0.05, 0) is 85.0 Å². The minimum absolute atomic E-state index is 0. The molecule has 340 valence electrons. The van der Waals surface area contributed by atoms with Gasteiger partial charge in [0.15, 0.2) is 12.4 Å². The number of benzene rings is 6. The van der Waals surface area contributed by atoms with Crippen molar-refractivity contribution < 1.29 is 25.8 Å². The average Bonchev–Trinajstić information content (AvgIpc) is 3.75. The maximum absolute atomic E-state index is 6.97. The number of quaternary nitrogens is 2. The monoisotopic (exact) mass is 1050 g/mol. The summed E-state index contributed by atoms with van der Waals surface area (Å²) in [4.78, 5) is 4.91. The minimum atomic E-state index is -0.159. The van der Waals surface area contributed by atoms with E-state index < -0.39 is 0 Å². The Bertz CT molecular complexity index is 3170. The molecule has 0 amide bonds. The fourth-order valence-electron chi connectivity index (χ4n) is 10.2. The van der Waals surface area contributed by atoms with Crippen molar-refractivity contribution in [3.05, 3.63) is 174 Å². The van der Waals surface area contributed by atoms with Gasteiger partial charge >= 0.3 is 0 Å². The molecular weight excluding hydrogens is 988 g/mol. The van der Waals surface area contributed by atoms with Gasteiger partial charge in [-0.25, -0.2) is 9.58 Å². The summed E-state index contributed by atoms with van der Waals surface area (Å²) in [5.74, 6) is 2.96. The topological polar surface area (TPSA) is 27.1 Å². The molecule has 0 radical (unpaired) electrons. The van der Waals surface area contributed by atoms with E-state index in [-0.39, 0.29) is 37.3 Å². The van der Waals surface area contributed by atoms with Gasteiger partial charge in [0.2, 0.25) is 11.4 Å². The number of para-hydroxylation sites is 1. The summed E-state index contributed by atoms with van der Waals surface area (Å²) in [6.07, 6.45) is 1.92. The molecule has 6 heteroatoms. The third-order valence-corrected chi connectivity index (χ3v) is 13.9. The van der Waals surface area contributed by atoms with Crippen LogP contribution in [-0.4, -0.2) is 9.55 Å². The first-order chi connectivity index (χ1) is 30.7. The summed E-state index contributed by atoms with van der Waals surface area (Å²) in [7, 11) is 0. The number of ether oxygens (including phenoxy) is 1. The molecule has 1 unspecified atom stereocenters. The molecule has 0 saturated carbocycles. The van der Waals surface area contributed by atoms with Crippen molar-refractivity contribution in [2.24, 2.45) is 0 Å². The fourth-order valence-corrected chi connectivity index (χ4v) is 10.2. The zero-order valence-electron chi connectivity index (χ0n) is 40.9. The molecule has 6 aromatic carbocycles. The van der Waals surface area contributed by atoms with Crippen molar-refractivity contribution in [1.29, 1.82) is 0 Å². The number of hydrogen-bond donors (Lipinski definition) is 0. The summed E-state index contributed by atoms with van der Waals surface area (Å²) in [6, 6.07) is 52.5. The smallest absolute Gasteiger partial charge is 0.225 e. The summed E-state index contributed by atoms with van der Waals surface area (Å²) in [6.45, 7) is 32.2. The zero-order valence-corrected chi connectivity index (χ0v) is 43.1. The van der Waals surface area contributed by atoms with Gasteiger partial charge in [0.05, 0.1) is 5.69 Å². The molecule has 5 nitrogen and oxygen atoms in total. The van der Waals surface area contributed by atoms with E-state index in [9.17, 15) is 0 Å². The Kier molecular flexibility index (Phi) is 11.0. The van der Waals surface area contributed by atoms with Crippen molar-refractivity contribution in [2.45, 2.75) is 118 Å². The van der Waals surface area contributed by atoms with Crippen LogP contribution in [0.15, 0.2) is 128 Å². The number of hydrogen-bond acceptors (Lipinski definition) is 2. The summed E-state index contributed by atoms with van der Waals surface area (Å²) in [5, 5.41) is 2.26. The van der Waals surface area contributed by atoms with Crippen LogP contribution in [-0.2, 0) is 37.3 Å². The van der Waals surface area contributed by atoms with Crippen LogP contribution < -0.4 is 13.9 Å². The molecule has 0 bridgehead atoms. The molecule has 0 aliphatic carbocycles. The summed E-state index contributed by atoms with van der Waals surface area (Å²) < 4.78 is 10.3. The van der Waals surface area contributed by atoms with E-state index in [1.54, 1.807) is 0 Å². The zero-order chi connectivity index (χ0) is 46.0. The quantitative estimate of drug-likeness (QED) is 0.0861. The standard InChI is InChI=1S/C60H63N4O.Pt/c1-38(2)48-21-17-22-49(39(3)4)57(48)40-18-16-19-44(30-40)63-37-64(63,54-27-24-41(33-55(54)63)58(5,6)7)45-31-43(60(11,12)13)32-47(35-45)65-46-25-26-51-50-20-14-15-23-52(50)62(53(51)36-46)56-34-42(28-29-61-56)59(8,9)10;/h14-34,37-39H,1-13H3;/q-1;/t63-,64?;/m0./s1. The SMILES string of the molecule is CC(C)c1cccc(C(C)C)c1-c1cccc([N@+]23[CH-][N+]2(c2[c-]c(Oc4[c-]c5c(cc4)c4ccccc4n5-c4cc(C(C)(C)C)ccn4)cc(C(C)(C)C)c2)c2ccc(C(C)(C)C)cc23)c1.[Pt]. The third kappa shape index (κ3) is 7.20. The Morgan fingerprint density at radius 1 is 0.576 bits per heavy atom. The van der Waals surface area contributed by atoms with Gasteiger partial charge < -0.3 is 9.30 Å². The molecule has 1 saturated heterocycles. The van der Waals surface area contributed by atoms with Crippen LogP contribution in [0, 0.1) is 18.8 Å². The van der Waals surface area contributed by atoms with Gasteiger partial charge in [0, 0.05) is 68.5 Å². The van der Waals surface area contributed by atoms with Gasteiger partial charge in [-0.3, -0.25) is 0 Å². The number of fused-ring (bicyclic) bond motifs is 7. The molecule has 2 aromatic heterocycles. The van der Waals surface area contributed by atoms with Crippen molar-refractivity contribution >= 4 is 44.6 Å². The van der Waals surface area contributed by atoms with Crippen molar-refractivity contribution in [1.82, 2.24) is 18.7 Å². The molecule has 1 fully saturated rings. The van der Waals surface area contributed by atoms with Crippen LogP contribution in [0.1, 0.15) is 130 Å². The largest absolute Gasteiger partial charge is 0.509 e. The minimum Gasteiger partial charge on any atom is -0.509 e. The van der Waals surface area contributed by atoms with Gasteiger partial charge in [-0.1, -0.05) is 156 Å². The van der Waals surface area contributed by atoms with Crippen molar-refractivity contribution in [3.8, 4) is 28.4 Å². The van der Waals surface area contributed by atoms with Crippen LogP contribution in [0.3, 0.4) is 0 Å². The van der Waals surface area contributed by atoms with Gasteiger partial charge in [0.25, 0.3) is 0 Å². The first-order valence-corrected chi connectivity index (χ1v) is 23.5. The van der Waals surface area contributed by atoms with E-state index in [0.29, 0.717) is 32.5 Å². The van der Waals surface area contributed by atoms with E-state index in [4.69, 9.17) is 9.72 Å². The molecule has 8 aromatic rings. The molecular formula is C60H63N4OPt-. The molecule has 0 N–H and O–H groups in total.